The predicted octanol–water partition coefficient (Wildman–Crippen LogP) is 5.28. The van der Waals surface area contributed by atoms with Crippen molar-refractivity contribution in [2.45, 2.75) is 78.1 Å². The van der Waals surface area contributed by atoms with E-state index >= 15 is 0 Å². The van der Waals surface area contributed by atoms with Crippen molar-refractivity contribution in [2.75, 3.05) is 7.11 Å². The van der Waals surface area contributed by atoms with E-state index in [9.17, 15) is 9.90 Å². The third-order valence-corrected chi connectivity index (χ3v) is 7.25. The van der Waals surface area contributed by atoms with Gasteiger partial charge in [-0.1, -0.05) is 38.4 Å². The van der Waals surface area contributed by atoms with Crippen LogP contribution >= 0.6 is 0 Å². The summed E-state index contributed by atoms with van der Waals surface area (Å²) in [6, 6.07) is 4.64. The fourth-order valence-electron chi connectivity index (χ4n) is 5.77. The number of hydrogen-bond donors (Lipinski definition) is 1. The van der Waals surface area contributed by atoms with Gasteiger partial charge in [0.05, 0.1) is 11.1 Å². The second-order valence-corrected chi connectivity index (χ2v) is 9.20. The van der Waals surface area contributed by atoms with Crippen LogP contribution in [-0.4, -0.2) is 23.9 Å². The summed E-state index contributed by atoms with van der Waals surface area (Å²) in [6.07, 6.45) is 4.70. The lowest BCUT2D eigenvalue weighted by molar-refractivity contribution is -0.157. The Bertz CT molecular complexity index is 782. The van der Waals surface area contributed by atoms with Crippen molar-refractivity contribution in [3.63, 3.8) is 0 Å². The minimum atomic E-state index is -0.642. The van der Waals surface area contributed by atoms with E-state index in [1.165, 1.54) is 16.7 Å². The van der Waals surface area contributed by atoms with E-state index in [2.05, 4.69) is 38.1 Å². The average Bonchev–Trinajstić information content (AvgIpc) is 2.60. The van der Waals surface area contributed by atoms with Gasteiger partial charge < -0.3 is 9.94 Å². The molecule has 2 aliphatic rings. The standard InChI is InChI=1S/C23H33NO3/c1-14(2)17-12-16-8-9-20-22(4,10-7-11-23(20,5)21(25)26)19(16)13-18(17)15(3)24-27-6/h12-14,20H,7-11H2,1-6H3,(H,25,26)/b24-15+/t20?,22-,23-/m1/s1. The maximum atomic E-state index is 12.2. The van der Waals surface area contributed by atoms with Gasteiger partial charge in [-0.3, -0.25) is 4.79 Å². The van der Waals surface area contributed by atoms with Gasteiger partial charge in [-0.25, -0.2) is 0 Å². The summed E-state index contributed by atoms with van der Waals surface area (Å²) in [5.74, 6) is -0.0762. The molecule has 0 spiro atoms. The monoisotopic (exact) mass is 371 g/mol. The molecule has 4 heteroatoms. The second kappa shape index (κ2) is 6.96. The van der Waals surface area contributed by atoms with Crippen molar-refractivity contribution in [3.8, 4) is 0 Å². The predicted molar refractivity (Wildman–Crippen MR) is 109 cm³/mol. The van der Waals surface area contributed by atoms with Gasteiger partial charge >= 0.3 is 5.97 Å². The zero-order chi connectivity index (χ0) is 20.0. The van der Waals surface area contributed by atoms with E-state index < -0.39 is 11.4 Å². The van der Waals surface area contributed by atoms with Gasteiger partial charge in [-0.2, -0.15) is 0 Å². The van der Waals surface area contributed by atoms with Gasteiger partial charge in [0.15, 0.2) is 0 Å². The molecule has 2 aliphatic carbocycles. The fraction of sp³-hybridized carbons (Fsp3) is 0.652. The van der Waals surface area contributed by atoms with Crippen molar-refractivity contribution in [1.82, 2.24) is 0 Å². The molecule has 0 heterocycles. The van der Waals surface area contributed by atoms with Crippen LogP contribution < -0.4 is 0 Å². The Labute approximate surface area is 163 Å². The van der Waals surface area contributed by atoms with Crippen LogP contribution in [0.15, 0.2) is 17.3 Å². The number of fused-ring (bicyclic) bond motifs is 3. The van der Waals surface area contributed by atoms with Crippen LogP contribution in [0, 0.1) is 11.3 Å². The minimum Gasteiger partial charge on any atom is -0.481 e. The summed E-state index contributed by atoms with van der Waals surface area (Å²) in [4.78, 5) is 17.2. The number of carboxylic acid groups (broad SMARTS) is 1. The second-order valence-electron chi connectivity index (χ2n) is 9.20. The Morgan fingerprint density at radius 2 is 2.00 bits per heavy atom. The molecule has 1 N–H and O–H groups in total. The Hall–Kier alpha value is -1.84. The van der Waals surface area contributed by atoms with Crippen molar-refractivity contribution in [2.24, 2.45) is 16.5 Å². The molecule has 1 unspecified atom stereocenters. The van der Waals surface area contributed by atoms with Crippen LogP contribution in [-0.2, 0) is 21.5 Å². The van der Waals surface area contributed by atoms with Gasteiger partial charge in [0, 0.05) is 5.56 Å². The largest absolute Gasteiger partial charge is 0.481 e. The molecule has 0 aliphatic heterocycles. The maximum absolute atomic E-state index is 12.2. The van der Waals surface area contributed by atoms with Crippen molar-refractivity contribution in [3.05, 3.63) is 34.4 Å². The molecule has 148 valence electrons. The SMILES string of the molecule is CO/N=C(\C)c1cc2c(cc1C(C)C)CCC1[C@](C)(C(=O)O)CCC[C@]21C. The highest BCUT2D eigenvalue weighted by atomic mass is 16.6. The highest BCUT2D eigenvalue weighted by Crippen LogP contribution is 2.57. The summed E-state index contributed by atoms with van der Waals surface area (Å²) in [5.41, 5.74) is 5.29. The first-order valence-electron chi connectivity index (χ1n) is 10.1. The molecule has 4 nitrogen and oxygen atoms in total. The Kier molecular flexibility index (Phi) is 5.13. The van der Waals surface area contributed by atoms with Gasteiger partial charge in [-0.15, -0.1) is 0 Å². The number of benzene rings is 1. The quantitative estimate of drug-likeness (QED) is 0.579. The smallest absolute Gasteiger partial charge is 0.309 e. The molecule has 3 rings (SSSR count). The zero-order valence-corrected chi connectivity index (χ0v) is 17.6. The van der Waals surface area contributed by atoms with Crippen LogP contribution in [0.2, 0.25) is 0 Å². The highest BCUT2D eigenvalue weighted by molar-refractivity contribution is 6.00. The normalized spacial score (nSPS) is 30.6. The summed E-state index contributed by atoms with van der Waals surface area (Å²) in [5, 5.41) is 14.2. The Morgan fingerprint density at radius 3 is 2.59 bits per heavy atom. The highest BCUT2D eigenvalue weighted by Gasteiger charge is 2.55. The first kappa shape index (κ1) is 19.9. The summed E-state index contributed by atoms with van der Waals surface area (Å²) >= 11 is 0. The number of oxime groups is 1. The van der Waals surface area contributed by atoms with E-state index in [1.54, 1.807) is 7.11 Å². The van der Waals surface area contributed by atoms with Crippen LogP contribution in [0.1, 0.15) is 88.5 Å². The third kappa shape index (κ3) is 3.07. The Balaban J connectivity index is 2.19. The van der Waals surface area contributed by atoms with E-state index in [0.717, 1.165) is 43.4 Å². The molecule has 1 aromatic carbocycles. The van der Waals surface area contributed by atoms with E-state index in [1.807, 2.05) is 13.8 Å². The summed E-state index contributed by atoms with van der Waals surface area (Å²) < 4.78 is 0. The lowest BCUT2D eigenvalue weighted by Gasteiger charge is -2.53. The number of nitrogens with zero attached hydrogens (tertiary/aromatic N) is 1. The first-order chi connectivity index (χ1) is 12.6. The van der Waals surface area contributed by atoms with Crippen LogP contribution in [0.3, 0.4) is 0 Å². The zero-order valence-electron chi connectivity index (χ0n) is 17.6. The summed E-state index contributed by atoms with van der Waals surface area (Å²) in [6.45, 7) is 10.7. The molecule has 0 aromatic heterocycles. The van der Waals surface area contributed by atoms with Gasteiger partial charge in [0.2, 0.25) is 0 Å². The Morgan fingerprint density at radius 1 is 1.30 bits per heavy atom. The lowest BCUT2D eigenvalue weighted by atomic mass is 9.49. The molecule has 1 aromatic rings. The number of carbonyl (C=O) groups is 1. The van der Waals surface area contributed by atoms with Crippen LogP contribution in [0.5, 0.6) is 0 Å². The molecule has 0 saturated heterocycles. The van der Waals surface area contributed by atoms with Crippen LogP contribution in [0.4, 0.5) is 0 Å². The number of carboxylic acids is 1. The van der Waals surface area contributed by atoms with Gasteiger partial charge in [-0.05, 0) is 79.5 Å². The van der Waals surface area contributed by atoms with E-state index in [-0.39, 0.29) is 11.3 Å². The number of aliphatic carboxylic acids is 1. The fourth-order valence-corrected chi connectivity index (χ4v) is 5.77. The van der Waals surface area contributed by atoms with E-state index in [0.29, 0.717) is 5.92 Å². The third-order valence-electron chi connectivity index (χ3n) is 7.25. The van der Waals surface area contributed by atoms with Crippen LogP contribution in [0.25, 0.3) is 0 Å². The summed E-state index contributed by atoms with van der Waals surface area (Å²) in [7, 11) is 1.58. The molecule has 0 bridgehead atoms. The molecule has 3 atom stereocenters. The minimum absolute atomic E-state index is 0.101. The molecular formula is C23H33NO3. The first-order valence-corrected chi connectivity index (χ1v) is 10.1. The maximum Gasteiger partial charge on any atom is 0.309 e. The number of hydrogen-bond acceptors (Lipinski definition) is 3. The topological polar surface area (TPSA) is 58.9 Å². The average molecular weight is 372 g/mol. The molecule has 0 amide bonds. The van der Waals surface area contributed by atoms with Crippen molar-refractivity contribution < 1.29 is 14.7 Å². The van der Waals surface area contributed by atoms with Crippen molar-refractivity contribution in [1.29, 1.82) is 0 Å². The molecule has 0 radical (unpaired) electrons. The number of rotatable bonds is 4. The van der Waals surface area contributed by atoms with Gasteiger partial charge in [0.1, 0.15) is 7.11 Å². The molecule has 1 saturated carbocycles. The van der Waals surface area contributed by atoms with Gasteiger partial charge in [0.25, 0.3) is 0 Å². The van der Waals surface area contributed by atoms with Crippen molar-refractivity contribution >= 4 is 11.7 Å². The molecule has 1 fully saturated rings. The molecule has 27 heavy (non-hydrogen) atoms. The number of aryl methyl sites for hydroxylation is 1. The molecular weight excluding hydrogens is 338 g/mol. The van der Waals surface area contributed by atoms with E-state index in [4.69, 9.17) is 4.84 Å². The lowest BCUT2D eigenvalue weighted by Crippen LogP contribution is -2.52.